The second kappa shape index (κ2) is 8.86. The van der Waals surface area contributed by atoms with Crippen LogP contribution in [0.1, 0.15) is 58.3 Å². The van der Waals surface area contributed by atoms with Crippen molar-refractivity contribution in [3.63, 3.8) is 0 Å². The number of aromatic nitrogens is 5. The summed E-state index contributed by atoms with van der Waals surface area (Å²) in [5.41, 5.74) is 7.69. The Morgan fingerprint density at radius 1 is 1.23 bits per heavy atom. The summed E-state index contributed by atoms with van der Waals surface area (Å²) >= 11 is 0. The van der Waals surface area contributed by atoms with Crippen LogP contribution in [-0.4, -0.2) is 66.0 Å². The summed E-state index contributed by atoms with van der Waals surface area (Å²) in [4.78, 5) is 31.4. The van der Waals surface area contributed by atoms with Crippen LogP contribution in [0.5, 0.6) is 0 Å². The Morgan fingerprint density at radius 2 is 1.97 bits per heavy atom. The Hall–Kier alpha value is -3.63. The molecule has 3 aromatic rings. The van der Waals surface area contributed by atoms with Crippen molar-refractivity contribution in [2.45, 2.75) is 66.2 Å². The van der Waals surface area contributed by atoms with Gasteiger partial charge in [-0.3, -0.25) is 9.48 Å². The molecule has 0 aromatic carbocycles. The number of nitrogens with zero attached hydrogens (tertiary/aromatic N) is 6. The van der Waals surface area contributed by atoms with Crippen LogP contribution < -0.4 is 11.1 Å². The Kier molecular flexibility index (Phi) is 6.20. The third-order valence-corrected chi connectivity index (χ3v) is 6.21. The molecule has 3 aromatic heterocycles. The number of fused-ring (bicyclic) bond motifs is 1. The van der Waals surface area contributed by atoms with Crippen molar-refractivity contribution in [2.24, 2.45) is 11.1 Å². The molecule has 1 aliphatic rings. The molecule has 0 radical (unpaired) electrons. The molecule has 11 heteroatoms. The van der Waals surface area contributed by atoms with E-state index in [0.717, 1.165) is 12.1 Å². The van der Waals surface area contributed by atoms with Crippen molar-refractivity contribution in [3.05, 3.63) is 30.4 Å². The number of amides is 2. The first-order valence-electron chi connectivity index (χ1n) is 11.8. The van der Waals surface area contributed by atoms with Crippen LogP contribution in [0.4, 0.5) is 10.5 Å². The molecule has 35 heavy (non-hydrogen) atoms. The average molecular weight is 483 g/mol. The Morgan fingerprint density at radius 3 is 2.57 bits per heavy atom. The number of nitrogens with one attached hydrogen (secondary N) is 1. The summed E-state index contributed by atoms with van der Waals surface area (Å²) in [5.74, 6) is -0.588. The molecular formula is C24H34N8O3. The van der Waals surface area contributed by atoms with E-state index in [0.29, 0.717) is 36.5 Å². The lowest BCUT2D eigenvalue weighted by atomic mass is 9.79. The van der Waals surface area contributed by atoms with Gasteiger partial charge in [0.15, 0.2) is 5.65 Å². The number of imidazole rings is 1. The van der Waals surface area contributed by atoms with Crippen molar-refractivity contribution in [2.75, 3.05) is 18.4 Å². The number of hydrogen-bond acceptors (Lipinski definition) is 7. The van der Waals surface area contributed by atoms with E-state index in [1.807, 2.05) is 38.6 Å². The molecular weight excluding hydrogens is 448 g/mol. The van der Waals surface area contributed by atoms with Gasteiger partial charge >= 0.3 is 6.09 Å². The van der Waals surface area contributed by atoms with Gasteiger partial charge in [-0.05, 0) is 34.1 Å². The largest absolute Gasteiger partial charge is 0.444 e. The van der Waals surface area contributed by atoms with E-state index < -0.39 is 11.5 Å². The van der Waals surface area contributed by atoms with Gasteiger partial charge in [0.05, 0.1) is 35.5 Å². The first-order valence-corrected chi connectivity index (χ1v) is 11.8. The molecule has 1 saturated heterocycles. The topological polar surface area (TPSA) is 133 Å². The quantitative estimate of drug-likeness (QED) is 0.571. The average Bonchev–Trinajstić information content (AvgIpc) is 3.40. The van der Waals surface area contributed by atoms with Gasteiger partial charge < -0.3 is 20.7 Å². The number of aryl methyl sites for hydroxylation is 1. The lowest BCUT2D eigenvalue weighted by Crippen LogP contribution is -2.54. The standard InChI is InChI=1S/C24H34N8O3/c1-7-31-12-15(10-26-31)17-13-32-21(28-17)19(16(11-27-32)20(25)33)29-18-8-9-30(14-24(18,5)6)22(34)35-23(2,3)4/h10-13,18,29H,7-9,14H2,1-6H3,(H2,25,33)/t18-/m1/s1. The summed E-state index contributed by atoms with van der Waals surface area (Å²) < 4.78 is 9.02. The number of primary amides is 1. The number of rotatable bonds is 5. The van der Waals surface area contributed by atoms with E-state index in [2.05, 4.69) is 29.4 Å². The van der Waals surface area contributed by atoms with Crippen LogP contribution in [0, 0.1) is 5.41 Å². The summed E-state index contributed by atoms with van der Waals surface area (Å²) in [6.07, 6.45) is 7.27. The maximum Gasteiger partial charge on any atom is 0.410 e. The molecule has 1 atom stereocenters. The molecule has 1 fully saturated rings. The molecule has 4 rings (SSSR count). The smallest absolute Gasteiger partial charge is 0.410 e. The summed E-state index contributed by atoms with van der Waals surface area (Å²) in [5, 5.41) is 12.2. The lowest BCUT2D eigenvalue weighted by Gasteiger charge is -2.45. The highest BCUT2D eigenvalue weighted by Crippen LogP contribution is 2.35. The van der Waals surface area contributed by atoms with Crippen LogP contribution >= 0.6 is 0 Å². The van der Waals surface area contributed by atoms with E-state index in [9.17, 15) is 9.59 Å². The van der Waals surface area contributed by atoms with Crippen molar-refractivity contribution < 1.29 is 14.3 Å². The SMILES string of the molecule is CCn1cc(-c2cn3ncc(C(N)=O)c(N[C@@H]4CCN(C(=O)OC(C)(C)C)CC4(C)C)c3n2)cn1. The highest BCUT2D eigenvalue weighted by molar-refractivity contribution is 6.01. The second-order valence-electron chi connectivity index (χ2n) is 10.7. The minimum absolute atomic E-state index is 0.0477. The number of carbonyl (C=O) groups excluding carboxylic acids is 2. The third-order valence-electron chi connectivity index (χ3n) is 6.21. The second-order valence-corrected chi connectivity index (χ2v) is 10.7. The summed E-state index contributed by atoms with van der Waals surface area (Å²) in [6.45, 7) is 13.5. The zero-order valence-electron chi connectivity index (χ0n) is 21.2. The minimum atomic E-state index is -0.588. The molecule has 2 amide bonds. The van der Waals surface area contributed by atoms with E-state index in [1.165, 1.54) is 6.20 Å². The van der Waals surface area contributed by atoms with Crippen molar-refractivity contribution in [1.82, 2.24) is 29.3 Å². The van der Waals surface area contributed by atoms with E-state index >= 15 is 0 Å². The normalized spacial score (nSPS) is 18.0. The van der Waals surface area contributed by atoms with Gasteiger partial charge in [-0.25, -0.2) is 14.3 Å². The van der Waals surface area contributed by atoms with Crippen LogP contribution in [0.2, 0.25) is 0 Å². The van der Waals surface area contributed by atoms with E-state index in [1.54, 1.807) is 21.8 Å². The number of piperidine rings is 1. The van der Waals surface area contributed by atoms with Gasteiger partial charge in [0.1, 0.15) is 5.60 Å². The van der Waals surface area contributed by atoms with Gasteiger partial charge in [0.25, 0.3) is 5.91 Å². The van der Waals surface area contributed by atoms with Gasteiger partial charge in [0, 0.05) is 42.9 Å². The Balaban J connectivity index is 1.64. The zero-order valence-corrected chi connectivity index (χ0v) is 21.2. The fourth-order valence-electron chi connectivity index (χ4n) is 4.35. The lowest BCUT2D eigenvalue weighted by molar-refractivity contribution is 0.00691. The van der Waals surface area contributed by atoms with Gasteiger partial charge in [-0.15, -0.1) is 0 Å². The number of anilines is 1. The van der Waals surface area contributed by atoms with Crippen molar-refractivity contribution in [3.8, 4) is 11.3 Å². The van der Waals surface area contributed by atoms with E-state index in [-0.39, 0.29) is 23.1 Å². The van der Waals surface area contributed by atoms with Gasteiger partial charge in [-0.1, -0.05) is 13.8 Å². The highest BCUT2D eigenvalue weighted by Gasteiger charge is 2.39. The van der Waals surface area contributed by atoms with Gasteiger partial charge in [0.2, 0.25) is 0 Å². The third kappa shape index (κ3) is 5.08. The van der Waals surface area contributed by atoms with Crippen molar-refractivity contribution >= 4 is 23.3 Å². The number of hydrogen-bond donors (Lipinski definition) is 2. The van der Waals surface area contributed by atoms with Crippen molar-refractivity contribution in [1.29, 1.82) is 0 Å². The Labute approximate surface area is 204 Å². The van der Waals surface area contributed by atoms with Crippen LogP contribution in [0.3, 0.4) is 0 Å². The van der Waals surface area contributed by atoms with Gasteiger partial charge in [-0.2, -0.15) is 10.2 Å². The molecule has 0 unspecified atom stereocenters. The molecule has 0 bridgehead atoms. The summed E-state index contributed by atoms with van der Waals surface area (Å²) in [7, 11) is 0. The molecule has 0 aliphatic carbocycles. The zero-order chi connectivity index (χ0) is 25.5. The minimum Gasteiger partial charge on any atom is -0.444 e. The molecule has 0 spiro atoms. The van der Waals surface area contributed by atoms with Crippen LogP contribution in [0.25, 0.3) is 16.9 Å². The van der Waals surface area contributed by atoms with Crippen LogP contribution in [-0.2, 0) is 11.3 Å². The molecule has 11 nitrogen and oxygen atoms in total. The highest BCUT2D eigenvalue weighted by atomic mass is 16.6. The molecule has 3 N–H and O–H groups in total. The maximum atomic E-state index is 12.6. The predicted octanol–water partition coefficient (Wildman–Crippen LogP) is 3.16. The summed E-state index contributed by atoms with van der Waals surface area (Å²) in [6, 6.07) is -0.0477. The first-order chi connectivity index (χ1) is 16.4. The Bertz CT molecular complexity index is 1250. The predicted molar refractivity (Wildman–Crippen MR) is 132 cm³/mol. The number of likely N-dealkylation sites (tertiary alicyclic amines) is 1. The molecule has 188 valence electrons. The number of nitrogens with two attached hydrogens (primary N) is 1. The van der Waals surface area contributed by atoms with E-state index in [4.69, 9.17) is 15.5 Å². The molecule has 0 saturated carbocycles. The number of carbonyl (C=O) groups is 2. The van der Waals surface area contributed by atoms with Crippen LogP contribution in [0.15, 0.2) is 24.8 Å². The molecule has 1 aliphatic heterocycles. The molecule has 4 heterocycles. The maximum absolute atomic E-state index is 12.6. The number of ether oxygens (including phenoxy) is 1. The fourth-order valence-corrected chi connectivity index (χ4v) is 4.35. The fraction of sp³-hybridized carbons (Fsp3) is 0.542. The monoisotopic (exact) mass is 482 g/mol. The first kappa shape index (κ1) is 24.5.